The molecule has 2 N–H and O–H groups in total. The van der Waals surface area contributed by atoms with Gasteiger partial charge in [0, 0.05) is 31.6 Å². The van der Waals surface area contributed by atoms with Crippen molar-refractivity contribution in [2.24, 2.45) is 10.9 Å². The number of aryl methyl sites for hydroxylation is 2. The number of aromatic nitrogens is 1. The molecule has 0 radical (unpaired) electrons. The molecule has 0 bridgehead atoms. The van der Waals surface area contributed by atoms with E-state index in [2.05, 4.69) is 46.3 Å². The molecule has 22 heavy (non-hydrogen) atoms. The highest BCUT2D eigenvalue weighted by atomic mass is 32.1. The highest BCUT2D eigenvalue weighted by Gasteiger charge is 2.15. The zero-order valence-electron chi connectivity index (χ0n) is 14.3. The highest BCUT2D eigenvalue weighted by Crippen LogP contribution is 2.16. The summed E-state index contributed by atoms with van der Waals surface area (Å²) in [6, 6.07) is 0. The Morgan fingerprint density at radius 2 is 2.23 bits per heavy atom. The largest absolute Gasteiger partial charge is 0.355 e. The van der Waals surface area contributed by atoms with Gasteiger partial charge in [-0.2, -0.15) is 0 Å². The number of guanidine groups is 1. The number of aliphatic imine (C=N–C) groups is 1. The number of likely N-dealkylation sites (tertiary alicyclic amines) is 1. The molecule has 1 unspecified atom stereocenters. The van der Waals surface area contributed by atoms with E-state index in [1.165, 1.54) is 30.8 Å². The molecule has 0 aliphatic carbocycles. The number of nitrogens with zero attached hydrogens (tertiary/aromatic N) is 3. The second-order valence-electron chi connectivity index (χ2n) is 6.15. The number of hydrogen-bond donors (Lipinski definition) is 2. The van der Waals surface area contributed by atoms with Gasteiger partial charge in [0.1, 0.15) is 5.01 Å². The van der Waals surface area contributed by atoms with E-state index in [0.717, 1.165) is 42.2 Å². The fraction of sp³-hybridized carbons (Fsp3) is 0.750. The second kappa shape index (κ2) is 8.48. The van der Waals surface area contributed by atoms with Crippen LogP contribution in [0.3, 0.4) is 0 Å². The van der Waals surface area contributed by atoms with Gasteiger partial charge in [-0.25, -0.2) is 4.98 Å². The molecule has 124 valence electrons. The summed E-state index contributed by atoms with van der Waals surface area (Å²) in [5.74, 6) is 1.69. The third kappa shape index (κ3) is 5.25. The molecule has 0 aromatic carbocycles. The van der Waals surface area contributed by atoms with Gasteiger partial charge in [-0.15, -0.1) is 11.3 Å². The van der Waals surface area contributed by atoms with Crippen molar-refractivity contribution in [1.82, 2.24) is 20.5 Å². The molecule has 1 saturated heterocycles. The fourth-order valence-corrected chi connectivity index (χ4v) is 3.69. The zero-order valence-corrected chi connectivity index (χ0v) is 15.1. The van der Waals surface area contributed by atoms with E-state index in [1.54, 1.807) is 11.3 Å². The summed E-state index contributed by atoms with van der Waals surface area (Å²) >= 11 is 1.75. The molecule has 0 amide bonds. The molecule has 6 heteroatoms. The molecular formula is C16H29N5S. The zero-order chi connectivity index (χ0) is 15.9. The molecule has 1 aromatic heterocycles. The fourth-order valence-electron chi connectivity index (χ4n) is 2.82. The van der Waals surface area contributed by atoms with Gasteiger partial charge in [0.2, 0.25) is 0 Å². The third-order valence-corrected chi connectivity index (χ3v) is 5.24. The Hall–Kier alpha value is -1.14. The lowest BCUT2D eigenvalue weighted by Gasteiger charge is -2.30. The Morgan fingerprint density at radius 1 is 1.41 bits per heavy atom. The molecule has 5 nitrogen and oxygen atoms in total. The Balaban J connectivity index is 1.69. The van der Waals surface area contributed by atoms with Crippen LogP contribution in [0.15, 0.2) is 4.99 Å². The van der Waals surface area contributed by atoms with Crippen LogP contribution in [0, 0.1) is 19.8 Å². The van der Waals surface area contributed by atoms with E-state index < -0.39 is 0 Å². The second-order valence-corrected chi connectivity index (χ2v) is 7.44. The van der Waals surface area contributed by atoms with Crippen LogP contribution in [0.5, 0.6) is 0 Å². The lowest BCUT2D eigenvalue weighted by atomic mass is 10.0. The number of rotatable bonds is 5. The van der Waals surface area contributed by atoms with Crippen LogP contribution >= 0.6 is 11.3 Å². The summed E-state index contributed by atoms with van der Waals surface area (Å²) in [6.45, 7) is 11.7. The van der Waals surface area contributed by atoms with Gasteiger partial charge in [-0.05, 0) is 39.2 Å². The van der Waals surface area contributed by atoms with Crippen molar-refractivity contribution in [3.05, 3.63) is 15.6 Å². The van der Waals surface area contributed by atoms with E-state index in [0.29, 0.717) is 0 Å². The van der Waals surface area contributed by atoms with E-state index >= 15 is 0 Å². The van der Waals surface area contributed by atoms with Crippen LogP contribution in [-0.2, 0) is 6.54 Å². The number of nitrogens with one attached hydrogen (secondary N) is 2. The Labute approximate surface area is 138 Å². The Morgan fingerprint density at radius 3 is 2.86 bits per heavy atom. The third-order valence-electron chi connectivity index (χ3n) is 4.17. The SMILES string of the molecule is CN=C(NCCN1CCCC(C)C1)NCc1nc(C)c(C)s1. The quantitative estimate of drug-likeness (QED) is 0.644. The maximum atomic E-state index is 4.54. The van der Waals surface area contributed by atoms with Crippen LogP contribution in [0.1, 0.15) is 35.3 Å². The molecule has 0 saturated carbocycles. The minimum atomic E-state index is 0.736. The lowest BCUT2D eigenvalue weighted by Crippen LogP contribution is -2.43. The van der Waals surface area contributed by atoms with Gasteiger partial charge in [-0.1, -0.05) is 6.92 Å². The first kappa shape index (κ1) is 17.2. The first-order valence-electron chi connectivity index (χ1n) is 8.18. The molecular weight excluding hydrogens is 294 g/mol. The molecule has 1 atom stereocenters. The van der Waals surface area contributed by atoms with Gasteiger partial charge in [-0.3, -0.25) is 4.99 Å². The maximum Gasteiger partial charge on any atom is 0.191 e. The first-order chi connectivity index (χ1) is 10.6. The smallest absolute Gasteiger partial charge is 0.191 e. The van der Waals surface area contributed by atoms with Crippen molar-refractivity contribution in [3.8, 4) is 0 Å². The monoisotopic (exact) mass is 323 g/mol. The lowest BCUT2D eigenvalue weighted by molar-refractivity contribution is 0.187. The van der Waals surface area contributed by atoms with Crippen LogP contribution in [0.2, 0.25) is 0 Å². The summed E-state index contributed by atoms with van der Waals surface area (Å²) in [5, 5.41) is 7.85. The van der Waals surface area contributed by atoms with E-state index in [-0.39, 0.29) is 0 Å². The van der Waals surface area contributed by atoms with E-state index in [9.17, 15) is 0 Å². The molecule has 1 aliphatic heterocycles. The van der Waals surface area contributed by atoms with Crippen molar-refractivity contribution in [3.63, 3.8) is 0 Å². The molecule has 1 aliphatic rings. The minimum Gasteiger partial charge on any atom is -0.355 e. The summed E-state index contributed by atoms with van der Waals surface area (Å²) in [5.41, 5.74) is 1.13. The van der Waals surface area contributed by atoms with Crippen molar-refractivity contribution >= 4 is 17.3 Å². The minimum absolute atomic E-state index is 0.736. The summed E-state index contributed by atoms with van der Waals surface area (Å²) in [6.07, 6.45) is 2.71. The number of hydrogen-bond acceptors (Lipinski definition) is 4. The molecule has 2 heterocycles. The summed E-state index contributed by atoms with van der Waals surface area (Å²) in [7, 11) is 1.82. The molecule has 0 spiro atoms. The molecule has 1 aromatic rings. The predicted molar refractivity (Wildman–Crippen MR) is 94.6 cm³/mol. The van der Waals surface area contributed by atoms with Crippen LogP contribution < -0.4 is 10.6 Å². The first-order valence-corrected chi connectivity index (χ1v) is 9.00. The van der Waals surface area contributed by atoms with Crippen molar-refractivity contribution in [2.75, 3.05) is 33.2 Å². The van der Waals surface area contributed by atoms with Crippen LogP contribution in [-0.4, -0.2) is 49.1 Å². The van der Waals surface area contributed by atoms with Gasteiger partial charge in [0.05, 0.1) is 12.2 Å². The van der Waals surface area contributed by atoms with Gasteiger partial charge in [0.15, 0.2) is 5.96 Å². The van der Waals surface area contributed by atoms with Crippen LogP contribution in [0.25, 0.3) is 0 Å². The predicted octanol–water partition coefficient (Wildman–Crippen LogP) is 2.16. The summed E-state index contributed by atoms with van der Waals surface area (Å²) < 4.78 is 0. The van der Waals surface area contributed by atoms with Crippen molar-refractivity contribution in [2.45, 2.75) is 40.2 Å². The Kier molecular flexibility index (Phi) is 6.64. The van der Waals surface area contributed by atoms with E-state index in [4.69, 9.17) is 0 Å². The molecule has 2 rings (SSSR count). The van der Waals surface area contributed by atoms with Gasteiger partial charge >= 0.3 is 0 Å². The maximum absolute atomic E-state index is 4.54. The topological polar surface area (TPSA) is 52.6 Å². The van der Waals surface area contributed by atoms with E-state index in [1.807, 2.05) is 7.05 Å². The molecule has 1 fully saturated rings. The van der Waals surface area contributed by atoms with Gasteiger partial charge in [0.25, 0.3) is 0 Å². The summed E-state index contributed by atoms with van der Waals surface area (Å²) in [4.78, 5) is 12.7. The van der Waals surface area contributed by atoms with Crippen molar-refractivity contribution < 1.29 is 0 Å². The van der Waals surface area contributed by atoms with Crippen molar-refractivity contribution in [1.29, 1.82) is 0 Å². The average Bonchev–Trinajstić information content (AvgIpc) is 2.81. The standard InChI is InChI=1S/C16H29N5S/c1-12-6-5-8-21(11-12)9-7-18-16(17-4)19-10-15-20-13(2)14(3)22-15/h12H,5-11H2,1-4H3,(H2,17,18,19). The number of thiazole rings is 1. The normalized spacial score (nSPS) is 20.2. The highest BCUT2D eigenvalue weighted by molar-refractivity contribution is 7.11. The van der Waals surface area contributed by atoms with Crippen LogP contribution in [0.4, 0.5) is 0 Å². The average molecular weight is 324 g/mol. The Bertz CT molecular complexity index is 477. The van der Waals surface area contributed by atoms with Gasteiger partial charge < -0.3 is 15.5 Å². The number of piperidine rings is 1.